The molecule has 24 heavy (non-hydrogen) atoms. The van der Waals surface area contributed by atoms with Crippen molar-refractivity contribution < 1.29 is 23.1 Å². The van der Waals surface area contributed by atoms with Crippen LogP contribution in [0.3, 0.4) is 0 Å². The number of benzene rings is 1. The number of urea groups is 1. The van der Waals surface area contributed by atoms with E-state index < -0.39 is 33.8 Å². The van der Waals surface area contributed by atoms with Gasteiger partial charge in [-0.05, 0) is 25.0 Å². The smallest absolute Gasteiger partial charge is 0.317 e. The van der Waals surface area contributed by atoms with Gasteiger partial charge in [0, 0.05) is 19.1 Å². The Morgan fingerprint density at radius 1 is 1.33 bits per heavy atom. The lowest BCUT2D eigenvalue weighted by Gasteiger charge is -2.22. The number of hydrogen-bond acceptors (Lipinski definition) is 4. The molecule has 0 saturated carbocycles. The molecular formula is C16H22N2O5S. The van der Waals surface area contributed by atoms with E-state index in [0.717, 1.165) is 0 Å². The van der Waals surface area contributed by atoms with Gasteiger partial charge in [0.15, 0.2) is 9.84 Å². The Morgan fingerprint density at radius 3 is 2.54 bits per heavy atom. The molecule has 7 nitrogen and oxygen atoms in total. The van der Waals surface area contributed by atoms with Gasteiger partial charge in [-0.1, -0.05) is 25.1 Å². The van der Waals surface area contributed by atoms with Crippen molar-refractivity contribution in [3.8, 4) is 0 Å². The average molecular weight is 354 g/mol. The van der Waals surface area contributed by atoms with Crippen LogP contribution in [0.4, 0.5) is 4.79 Å². The summed E-state index contributed by atoms with van der Waals surface area (Å²) in [5.74, 6) is -1.65. The van der Waals surface area contributed by atoms with E-state index in [-0.39, 0.29) is 17.2 Å². The quantitative estimate of drug-likeness (QED) is 0.803. The molecule has 2 amide bonds. The average Bonchev–Trinajstić information content (AvgIpc) is 3.05. The van der Waals surface area contributed by atoms with Crippen molar-refractivity contribution in [1.29, 1.82) is 0 Å². The van der Waals surface area contributed by atoms with Gasteiger partial charge in [0.25, 0.3) is 0 Å². The van der Waals surface area contributed by atoms with E-state index in [1.807, 2.05) is 0 Å². The highest BCUT2D eigenvalue weighted by atomic mass is 32.2. The summed E-state index contributed by atoms with van der Waals surface area (Å²) in [6.07, 6.45) is 0.885. The predicted octanol–water partition coefficient (Wildman–Crippen LogP) is 1.35. The molecule has 0 spiro atoms. The molecule has 1 aliphatic heterocycles. The molecule has 0 bridgehead atoms. The zero-order valence-corrected chi connectivity index (χ0v) is 14.3. The van der Waals surface area contributed by atoms with E-state index in [0.29, 0.717) is 19.4 Å². The number of rotatable bonds is 6. The lowest BCUT2D eigenvalue weighted by molar-refractivity contribution is -0.141. The zero-order valence-electron chi connectivity index (χ0n) is 13.5. The van der Waals surface area contributed by atoms with Gasteiger partial charge in [-0.3, -0.25) is 4.79 Å². The standard InChI is InChI=1S/C16H22N2O5S/c1-2-13(11-24(22,23)14-6-4-3-5-7-14)17-16(21)18-9-8-12(10-18)15(19)20/h3-7,12-13H,2,8-11H2,1H3,(H,17,21)(H,19,20). The van der Waals surface area contributed by atoms with Crippen molar-refractivity contribution in [2.24, 2.45) is 5.92 Å². The molecule has 132 valence electrons. The normalized spacial score (nSPS) is 19.0. The van der Waals surface area contributed by atoms with Gasteiger partial charge in [-0.25, -0.2) is 13.2 Å². The Balaban J connectivity index is 1.97. The Kier molecular flexibility index (Phi) is 5.82. The molecule has 2 unspecified atom stereocenters. The highest BCUT2D eigenvalue weighted by Gasteiger charge is 2.32. The topological polar surface area (TPSA) is 104 Å². The number of likely N-dealkylation sites (tertiary alicyclic amines) is 1. The van der Waals surface area contributed by atoms with Crippen molar-refractivity contribution >= 4 is 21.8 Å². The summed E-state index contributed by atoms with van der Waals surface area (Å²) >= 11 is 0. The number of nitrogens with zero attached hydrogens (tertiary/aromatic N) is 1. The zero-order chi connectivity index (χ0) is 17.7. The Morgan fingerprint density at radius 2 is 2.00 bits per heavy atom. The summed E-state index contributed by atoms with van der Waals surface area (Å²) in [5, 5.41) is 11.7. The largest absolute Gasteiger partial charge is 0.481 e. The van der Waals surface area contributed by atoms with E-state index in [1.165, 1.54) is 17.0 Å². The van der Waals surface area contributed by atoms with Crippen molar-refractivity contribution in [2.75, 3.05) is 18.8 Å². The van der Waals surface area contributed by atoms with Crippen LogP contribution in [0.15, 0.2) is 35.2 Å². The monoisotopic (exact) mass is 354 g/mol. The van der Waals surface area contributed by atoms with Gasteiger partial charge in [0.05, 0.1) is 16.6 Å². The molecule has 2 atom stereocenters. The molecule has 1 fully saturated rings. The number of carbonyl (C=O) groups excluding carboxylic acids is 1. The molecule has 1 heterocycles. The van der Waals surface area contributed by atoms with Gasteiger partial charge in [0.2, 0.25) is 0 Å². The third-order valence-corrected chi connectivity index (χ3v) is 6.00. The minimum Gasteiger partial charge on any atom is -0.481 e. The maximum atomic E-state index is 12.4. The molecule has 2 rings (SSSR count). The van der Waals surface area contributed by atoms with Gasteiger partial charge in [0.1, 0.15) is 0 Å². The molecule has 2 N–H and O–H groups in total. The van der Waals surface area contributed by atoms with Crippen molar-refractivity contribution in [1.82, 2.24) is 10.2 Å². The van der Waals surface area contributed by atoms with Gasteiger partial charge < -0.3 is 15.3 Å². The molecule has 1 aliphatic rings. The van der Waals surface area contributed by atoms with E-state index in [4.69, 9.17) is 5.11 Å². The minimum atomic E-state index is -3.49. The summed E-state index contributed by atoms with van der Waals surface area (Å²) in [4.78, 5) is 24.8. The Labute approximate surface area is 141 Å². The van der Waals surface area contributed by atoms with Gasteiger partial charge in [-0.2, -0.15) is 0 Å². The predicted molar refractivity (Wildman–Crippen MR) is 88.4 cm³/mol. The third kappa shape index (κ3) is 4.47. The number of sulfone groups is 1. The molecule has 1 aromatic rings. The fourth-order valence-corrected chi connectivity index (χ4v) is 4.28. The molecule has 0 aliphatic carbocycles. The maximum Gasteiger partial charge on any atom is 0.317 e. The second-order valence-electron chi connectivity index (χ2n) is 5.92. The molecule has 8 heteroatoms. The number of aliphatic carboxylic acids is 1. The minimum absolute atomic E-state index is 0.156. The molecule has 0 aromatic heterocycles. The molecule has 1 aromatic carbocycles. The highest BCUT2D eigenvalue weighted by Crippen LogP contribution is 2.17. The first-order valence-electron chi connectivity index (χ1n) is 7.89. The second-order valence-corrected chi connectivity index (χ2v) is 7.95. The molecule has 0 radical (unpaired) electrons. The van der Waals surface area contributed by atoms with Crippen LogP contribution in [0.2, 0.25) is 0 Å². The lowest BCUT2D eigenvalue weighted by atomic mass is 10.1. The molecule has 1 saturated heterocycles. The number of hydrogen-bond donors (Lipinski definition) is 2. The van der Waals surface area contributed by atoms with Crippen LogP contribution in [0.25, 0.3) is 0 Å². The van der Waals surface area contributed by atoms with Gasteiger partial charge >= 0.3 is 12.0 Å². The van der Waals surface area contributed by atoms with Crippen molar-refractivity contribution in [2.45, 2.75) is 30.7 Å². The van der Waals surface area contributed by atoms with Crippen LogP contribution < -0.4 is 5.32 Å². The third-order valence-electron chi connectivity index (χ3n) is 4.17. The van der Waals surface area contributed by atoms with E-state index in [1.54, 1.807) is 25.1 Å². The Bertz CT molecular complexity index is 690. The van der Waals surface area contributed by atoms with E-state index in [2.05, 4.69) is 5.32 Å². The highest BCUT2D eigenvalue weighted by molar-refractivity contribution is 7.91. The first kappa shape index (κ1) is 18.3. The van der Waals surface area contributed by atoms with Crippen LogP contribution in [0, 0.1) is 5.92 Å². The van der Waals surface area contributed by atoms with Crippen molar-refractivity contribution in [3.05, 3.63) is 30.3 Å². The maximum absolute atomic E-state index is 12.4. The first-order valence-corrected chi connectivity index (χ1v) is 9.54. The number of carbonyl (C=O) groups is 2. The van der Waals surface area contributed by atoms with Crippen LogP contribution in [-0.4, -0.2) is 55.3 Å². The first-order chi connectivity index (χ1) is 11.3. The second kappa shape index (κ2) is 7.65. The fourth-order valence-electron chi connectivity index (χ4n) is 2.66. The summed E-state index contributed by atoms with van der Waals surface area (Å²) in [6, 6.07) is 7.18. The number of amides is 2. The van der Waals surface area contributed by atoms with E-state index in [9.17, 15) is 18.0 Å². The lowest BCUT2D eigenvalue weighted by Crippen LogP contribution is -2.46. The summed E-state index contributed by atoms with van der Waals surface area (Å²) < 4.78 is 24.8. The summed E-state index contributed by atoms with van der Waals surface area (Å²) in [7, 11) is -3.49. The Hall–Kier alpha value is -2.09. The SMILES string of the molecule is CCC(CS(=O)(=O)c1ccccc1)NC(=O)N1CCC(C(=O)O)C1. The van der Waals surface area contributed by atoms with Crippen molar-refractivity contribution in [3.63, 3.8) is 0 Å². The van der Waals surface area contributed by atoms with Gasteiger partial charge in [-0.15, -0.1) is 0 Å². The summed E-state index contributed by atoms with van der Waals surface area (Å²) in [5.41, 5.74) is 0. The van der Waals surface area contributed by atoms with Crippen LogP contribution in [0.1, 0.15) is 19.8 Å². The fraction of sp³-hybridized carbons (Fsp3) is 0.500. The van der Waals surface area contributed by atoms with Crippen LogP contribution in [-0.2, 0) is 14.6 Å². The van der Waals surface area contributed by atoms with Crippen LogP contribution in [0.5, 0.6) is 0 Å². The summed E-state index contributed by atoms with van der Waals surface area (Å²) in [6.45, 7) is 2.32. The number of nitrogens with one attached hydrogen (secondary N) is 1. The number of carboxylic acids is 1. The molecular weight excluding hydrogens is 332 g/mol. The van der Waals surface area contributed by atoms with Crippen LogP contribution >= 0.6 is 0 Å². The number of carboxylic acid groups (broad SMARTS) is 1. The van der Waals surface area contributed by atoms with E-state index >= 15 is 0 Å².